The lowest BCUT2D eigenvalue weighted by molar-refractivity contribution is 1.40. The van der Waals surface area contributed by atoms with Crippen LogP contribution >= 0.6 is 27.3 Å². The molecule has 0 fully saturated rings. The van der Waals surface area contributed by atoms with Gasteiger partial charge in [-0.05, 0) is 42.8 Å². The molecule has 0 radical (unpaired) electrons. The fourth-order valence-electron chi connectivity index (χ4n) is 1.92. The van der Waals surface area contributed by atoms with E-state index in [0.717, 1.165) is 25.4 Å². The molecule has 0 amide bonds. The van der Waals surface area contributed by atoms with Gasteiger partial charge in [0.25, 0.3) is 0 Å². The van der Waals surface area contributed by atoms with E-state index in [1.165, 1.54) is 11.1 Å². The van der Waals surface area contributed by atoms with Crippen molar-refractivity contribution in [1.82, 2.24) is 4.98 Å². The van der Waals surface area contributed by atoms with Crippen molar-refractivity contribution < 1.29 is 0 Å². The minimum atomic E-state index is 0.783. The van der Waals surface area contributed by atoms with Crippen LogP contribution in [-0.4, -0.2) is 4.98 Å². The Labute approximate surface area is 118 Å². The summed E-state index contributed by atoms with van der Waals surface area (Å²) >= 11 is 5.16. The number of nitrogens with two attached hydrogens (primary N) is 1. The maximum absolute atomic E-state index is 5.79. The first-order valence-electron chi connectivity index (χ1n) is 5.56. The van der Waals surface area contributed by atoms with Crippen LogP contribution in [0.4, 0.5) is 5.69 Å². The second-order valence-electron chi connectivity index (χ2n) is 4.21. The first kappa shape index (κ1) is 11.7. The fraction of sp³-hybridized carbons (Fsp3) is 0.0714. The van der Waals surface area contributed by atoms with Crippen molar-refractivity contribution in [3.8, 4) is 10.6 Å². The maximum Gasteiger partial charge on any atom is 0.124 e. The van der Waals surface area contributed by atoms with Crippen LogP contribution in [0.15, 0.2) is 40.9 Å². The number of anilines is 1. The Balaban J connectivity index is 2.19. The van der Waals surface area contributed by atoms with E-state index in [4.69, 9.17) is 5.73 Å². The number of nitrogens with zero attached hydrogens (tertiary/aromatic N) is 1. The molecule has 0 saturated carbocycles. The monoisotopic (exact) mass is 318 g/mol. The number of aryl methyl sites for hydroxylation is 1. The molecule has 2 nitrogen and oxygen atoms in total. The molecule has 3 aromatic rings. The van der Waals surface area contributed by atoms with E-state index in [1.807, 2.05) is 24.3 Å². The minimum Gasteiger partial charge on any atom is -0.399 e. The third-order valence-electron chi connectivity index (χ3n) is 2.83. The molecule has 2 N–H and O–H groups in total. The van der Waals surface area contributed by atoms with E-state index in [2.05, 4.69) is 40.0 Å². The lowest BCUT2D eigenvalue weighted by Crippen LogP contribution is -1.82. The summed E-state index contributed by atoms with van der Waals surface area (Å²) in [5.74, 6) is 0. The van der Waals surface area contributed by atoms with Crippen LogP contribution in [0.1, 0.15) is 5.56 Å². The summed E-state index contributed by atoms with van der Waals surface area (Å²) in [7, 11) is 0. The highest BCUT2D eigenvalue weighted by Gasteiger charge is 2.09. The molecule has 90 valence electrons. The predicted molar refractivity (Wildman–Crippen MR) is 81.9 cm³/mol. The molecule has 4 heteroatoms. The summed E-state index contributed by atoms with van der Waals surface area (Å²) in [6.07, 6.45) is 0. The Hall–Kier alpha value is -1.39. The normalized spacial score (nSPS) is 11.0. The largest absolute Gasteiger partial charge is 0.399 e. The van der Waals surface area contributed by atoms with Gasteiger partial charge < -0.3 is 5.73 Å². The van der Waals surface area contributed by atoms with Crippen LogP contribution in [0.3, 0.4) is 0 Å². The molecule has 3 rings (SSSR count). The number of hydrogen-bond donors (Lipinski definition) is 1. The Morgan fingerprint density at radius 2 is 2.00 bits per heavy atom. The second kappa shape index (κ2) is 4.37. The zero-order chi connectivity index (χ0) is 12.7. The first-order chi connectivity index (χ1) is 8.63. The van der Waals surface area contributed by atoms with E-state index in [1.54, 1.807) is 11.3 Å². The molecule has 0 atom stereocenters. The van der Waals surface area contributed by atoms with Crippen LogP contribution in [0, 0.1) is 6.92 Å². The second-order valence-corrected chi connectivity index (χ2v) is 6.15. The molecule has 2 aromatic carbocycles. The van der Waals surface area contributed by atoms with Gasteiger partial charge in [-0.2, -0.15) is 0 Å². The number of hydrogen-bond acceptors (Lipinski definition) is 3. The van der Waals surface area contributed by atoms with Crippen LogP contribution in [0.2, 0.25) is 0 Å². The molecule has 1 aromatic heterocycles. The van der Waals surface area contributed by atoms with Gasteiger partial charge in [-0.1, -0.05) is 22.0 Å². The highest BCUT2D eigenvalue weighted by atomic mass is 79.9. The van der Waals surface area contributed by atoms with Crippen LogP contribution in [0.5, 0.6) is 0 Å². The van der Waals surface area contributed by atoms with Gasteiger partial charge in [-0.25, -0.2) is 4.98 Å². The molecule has 0 spiro atoms. The van der Waals surface area contributed by atoms with Crippen LogP contribution in [0.25, 0.3) is 20.8 Å². The molecule has 0 bridgehead atoms. The van der Waals surface area contributed by atoms with Gasteiger partial charge in [-0.15, -0.1) is 11.3 Å². The Morgan fingerprint density at radius 1 is 1.17 bits per heavy atom. The van der Waals surface area contributed by atoms with E-state index in [-0.39, 0.29) is 0 Å². The summed E-state index contributed by atoms with van der Waals surface area (Å²) in [5, 5.41) is 1.04. The van der Waals surface area contributed by atoms with Crippen LogP contribution < -0.4 is 5.73 Å². The van der Waals surface area contributed by atoms with Crippen molar-refractivity contribution in [1.29, 1.82) is 0 Å². The highest BCUT2D eigenvalue weighted by molar-refractivity contribution is 9.10. The van der Waals surface area contributed by atoms with Crippen molar-refractivity contribution in [2.75, 3.05) is 5.73 Å². The predicted octanol–water partition coefficient (Wildman–Crippen LogP) is 4.62. The smallest absolute Gasteiger partial charge is 0.124 e. The third kappa shape index (κ3) is 2.02. The number of halogens is 1. The van der Waals surface area contributed by atoms with Crippen molar-refractivity contribution in [2.24, 2.45) is 0 Å². The number of aromatic nitrogens is 1. The van der Waals surface area contributed by atoms with Gasteiger partial charge in [0.2, 0.25) is 0 Å². The quantitative estimate of drug-likeness (QED) is 0.665. The molecule has 0 aliphatic carbocycles. The minimum absolute atomic E-state index is 0.783. The zero-order valence-electron chi connectivity index (χ0n) is 9.77. The Morgan fingerprint density at radius 3 is 2.78 bits per heavy atom. The number of benzene rings is 2. The molecule has 18 heavy (non-hydrogen) atoms. The molecule has 0 aliphatic heterocycles. The summed E-state index contributed by atoms with van der Waals surface area (Å²) in [4.78, 5) is 4.66. The number of rotatable bonds is 1. The average molecular weight is 319 g/mol. The van der Waals surface area contributed by atoms with Gasteiger partial charge >= 0.3 is 0 Å². The maximum atomic E-state index is 5.79. The van der Waals surface area contributed by atoms with Gasteiger partial charge in [-0.3, -0.25) is 0 Å². The van der Waals surface area contributed by atoms with Crippen molar-refractivity contribution in [3.63, 3.8) is 0 Å². The summed E-state index contributed by atoms with van der Waals surface area (Å²) in [6, 6.07) is 12.1. The zero-order valence-corrected chi connectivity index (χ0v) is 12.2. The fourth-order valence-corrected chi connectivity index (χ4v) is 3.50. The van der Waals surface area contributed by atoms with E-state index in [0.29, 0.717) is 0 Å². The Kier molecular flexibility index (Phi) is 2.84. The van der Waals surface area contributed by atoms with E-state index in [9.17, 15) is 0 Å². The topological polar surface area (TPSA) is 38.9 Å². The number of thiazole rings is 1. The molecule has 0 unspecified atom stereocenters. The van der Waals surface area contributed by atoms with Gasteiger partial charge in [0.1, 0.15) is 5.01 Å². The Bertz CT molecular complexity index is 734. The van der Waals surface area contributed by atoms with Crippen molar-refractivity contribution >= 4 is 43.2 Å². The van der Waals surface area contributed by atoms with Crippen molar-refractivity contribution in [3.05, 3.63) is 46.4 Å². The first-order valence-corrected chi connectivity index (χ1v) is 7.17. The van der Waals surface area contributed by atoms with E-state index < -0.39 is 0 Å². The van der Waals surface area contributed by atoms with Crippen LogP contribution in [-0.2, 0) is 0 Å². The van der Waals surface area contributed by atoms with E-state index >= 15 is 0 Å². The molecule has 1 heterocycles. The SMILES string of the molecule is Cc1cc(Br)ccc1-c1nc2ccc(N)cc2s1. The molecular formula is C14H11BrN2S. The van der Waals surface area contributed by atoms with Crippen molar-refractivity contribution in [2.45, 2.75) is 6.92 Å². The lowest BCUT2D eigenvalue weighted by Gasteiger charge is -2.01. The number of fused-ring (bicyclic) bond motifs is 1. The summed E-state index contributed by atoms with van der Waals surface area (Å²) in [5.41, 5.74) is 9.98. The standard InChI is InChI=1S/C14H11BrN2S/c1-8-6-9(15)2-4-11(8)14-17-12-5-3-10(16)7-13(12)18-14/h2-7H,16H2,1H3. The summed E-state index contributed by atoms with van der Waals surface area (Å²) < 4.78 is 2.22. The molecule has 0 saturated heterocycles. The van der Waals surface area contributed by atoms with Gasteiger partial charge in [0.05, 0.1) is 10.2 Å². The number of nitrogen functional groups attached to an aromatic ring is 1. The van der Waals surface area contributed by atoms with Gasteiger partial charge in [0, 0.05) is 15.7 Å². The average Bonchev–Trinajstić information content (AvgIpc) is 2.71. The molecular weight excluding hydrogens is 308 g/mol. The van der Waals surface area contributed by atoms with Gasteiger partial charge in [0.15, 0.2) is 0 Å². The highest BCUT2D eigenvalue weighted by Crippen LogP contribution is 2.33. The third-order valence-corrected chi connectivity index (χ3v) is 4.38. The lowest BCUT2D eigenvalue weighted by atomic mass is 10.1. The molecule has 0 aliphatic rings. The summed E-state index contributed by atoms with van der Waals surface area (Å²) in [6.45, 7) is 2.10.